The second-order valence-corrected chi connectivity index (χ2v) is 10.4. The lowest BCUT2D eigenvalue weighted by Gasteiger charge is -2.41. The van der Waals surface area contributed by atoms with Gasteiger partial charge in [-0.3, -0.25) is 4.79 Å². The number of carbonyl (C=O) groups excluding carboxylic acids is 1. The van der Waals surface area contributed by atoms with E-state index in [0.717, 1.165) is 56.2 Å². The van der Waals surface area contributed by atoms with Gasteiger partial charge in [0.25, 0.3) is 5.91 Å². The summed E-state index contributed by atoms with van der Waals surface area (Å²) in [7, 11) is 0. The van der Waals surface area contributed by atoms with Gasteiger partial charge in [-0.2, -0.15) is 5.10 Å². The Morgan fingerprint density at radius 3 is 2.58 bits per heavy atom. The number of piperazine rings is 1. The number of hydrogen-bond donors (Lipinski definition) is 2. The Balaban J connectivity index is 1.41. The molecule has 2 N–H and O–H groups in total. The molecule has 9 heteroatoms. The van der Waals surface area contributed by atoms with Gasteiger partial charge in [0.15, 0.2) is 5.82 Å². The largest absolute Gasteiger partial charge is 0.394 e. The third kappa shape index (κ3) is 5.73. The first kappa shape index (κ1) is 25.8. The van der Waals surface area contributed by atoms with Crippen molar-refractivity contribution in [3.05, 3.63) is 58.7 Å². The van der Waals surface area contributed by atoms with Gasteiger partial charge in [-0.05, 0) is 64.2 Å². The number of rotatable bonds is 7. The van der Waals surface area contributed by atoms with Crippen LogP contribution >= 0.6 is 0 Å². The van der Waals surface area contributed by atoms with Gasteiger partial charge in [-0.15, -0.1) is 5.10 Å². The fraction of sp³-hybridized carbons (Fsp3) is 0.519. The zero-order valence-corrected chi connectivity index (χ0v) is 22.0. The molecule has 0 unspecified atom stereocenters. The number of aliphatic hydroxyl groups excluding tert-OH is 1. The van der Waals surface area contributed by atoms with E-state index in [1.807, 2.05) is 0 Å². The zero-order chi connectivity index (χ0) is 25.9. The summed E-state index contributed by atoms with van der Waals surface area (Å²) in [5, 5.41) is 21.4. The second-order valence-electron chi connectivity index (χ2n) is 10.4. The molecule has 1 aliphatic carbocycles. The van der Waals surface area contributed by atoms with Crippen molar-refractivity contribution in [1.29, 1.82) is 0 Å². The number of hydrogen-bond acceptors (Lipinski definition) is 8. The molecule has 0 radical (unpaired) electrons. The van der Waals surface area contributed by atoms with Crippen molar-refractivity contribution in [2.24, 2.45) is 0 Å². The van der Waals surface area contributed by atoms with Gasteiger partial charge in [-0.1, -0.05) is 18.2 Å². The van der Waals surface area contributed by atoms with Crippen LogP contribution in [0.5, 0.6) is 0 Å². The minimum atomic E-state index is -0.718. The van der Waals surface area contributed by atoms with E-state index in [-0.39, 0.29) is 24.2 Å². The molecule has 192 valence electrons. The van der Waals surface area contributed by atoms with Crippen molar-refractivity contribution in [1.82, 2.24) is 25.5 Å². The molecular formula is C27H37N7O2. The van der Waals surface area contributed by atoms with E-state index in [9.17, 15) is 9.90 Å². The van der Waals surface area contributed by atoms with Crippen LogP contribution in [0.15, 0.2) is 36.2 Å². The van der Waals surface area contributed by atoms with Gasteiger partial charge < -0.3 is 20.2 Å². The molecule has 4 rings (SSSR count). The lowest BCUT2D eigenvalue weighted by atomic mass is 9.99. The summed E-state index contributed by atoms with van der Waals surface area (Å²) in [6.07, 6.45) is 12.9. The Hall–Kier alpha value is -3.33. The number of nitrogens with one attached hydrogen (secondary N) is 1. The van der Waals surface area contributed by atoms with Gasteiger partial charge in [0.1, 0.15) is 11.5 Å². The van der Waals surface area contributed by atoms with Gasteiger partial charge >= 0.3 is 0 Å². The van der Waals surface area contributed by atoms with E-state index >= 15 is 0 Å². The van der Waals surface area contributed by atoms with E-state index in [0.29, 0.717) is 0 Å². The van der Waals surface area contributed by atoms with Crippen LogP contribution in [0.4, 0.5) is 11.6 Å². The van der Waals surface area contributed by atoms with Crippen LogP contribution in [0.3, 0.4) is 0 Å². The smallest absolute Gasteiger partial charge is 0.271 e. The van der Waals surface area contributed by atoms with Crippen LogP contribution in [0.1, 0.15) is 60.9 Å². The molecule has 0 saturated carbocycles. The molecule has 9 nitrogen and oxygen atoms in total. The number of aromatic nitrogens is 4. The molecule has 1 fully saturated rings. The number of carbonyl (C=O) groups is 1. The standard InChI is InChI=1S/C27H37N7O2/c1-18-16-33(25-20(3)19(2)22(31-32-25)13-21-9-7-6-8-10-21)11-12-34(18)24-15-28-23(14-29-24)26(36)30-27(4,5)17-35/h7,9-10,14-15,18,35H,6,8,11-13,16-17H2,1-5H3,(H,30,36)/t18-/m1/s1. The Morgan fingerprint density at radius 2 is 1.94 bits per heavy atom. The highest BCUT2D eigenvalue weighted by molar-refractivity contribution is 5.92. The van der Waals surface area contributed by atoms with E-state index in [1.165, 1.54) is 22.9 Å². The Morgan fingerprint density at radius 1 is 1.14 bits per heavy atom. The average molecular weight is 492 g/mol. The number of nitrogens with zero attached hydrogens (tertiary/aromatic N) is 6. The minimum Gasteiger partial charge on any atom is -0.394 e. The molecule has 3 heterocycles. The molecule has 1 atom stereocenters. The van der Waals surface area contributed by atoms with Crippen LogP contribution in [0, 0.1) is 13.8 Å². The number of aliphatic hydroxyl groups is 1. The third-order valence-corrected chi connectivity index (χ3v) is 6.98. The second kappa shape index (κ2) is 10.7. The van der Waals surface area contributed by atoms with Crippen LogP contribution in [0.25, 0.3) is 0 Å². The van der Waals surface area contributed by atoms with Crippen molar-refractivity contribution >= 4 is 17.5 Å². The number of amides is 1. The van der Waals surface area contributed by atoms with Crippen LogP contribution in [-0.2, 0) is 6.42 Å². The first-order valence-electron chi connectivity index (χ1n) is 12.6. The molecule has 0 spiro atoms. The van der Waals surface area contributed by atoms with Crippen LogP contribution in [0.2, 0.25) is 0 Å². The topological polar surface area (TPSA) is 107 Å². The maximum atomic E-state index is 12.4. The van der Waals surface area contributed by atoms with E-state index in [1.54, 1.807) is 20.0 Å². The molecule has 2 aliphatic rings. The summed E-state index contributed by atoms with van der Waals surface area (Å²) in [4.78, 5) is 25.7. The summed E-state index contributed by atoms with van der Waals surface area (Å²) in [6.45, 7) is 12.1. The van der Waals surface area contributed by atoms with Crippen molar-refractivity contribution in [3.63, 3.8) is 0 Å². The van der Waals surface area contributed by atoms with Gasteiger partial charge in [-0.25, -0.2) is 9.97 Å². The van der Waals surface area contributed by atoms with Gasteiger partial charge in [0.05, 0.1) is 30.2 Å². The van der Waals surface area contributed by atoms with Crippen molar-refractivity contribution < 1.29 is 9.90 Å². The monoisotopic (exact) mass is 491 g/mol. The predicted molar refractivity (Wildman–Crippen MR) is 141 cm³/mol. The number of allylic oxidation sites excluding steroid dienone is 4. The van der Waals surface area contributed by atoms with Crippen molar-refractivity contribution in [3.8, 4) is 0 Å². The lowest BCUT2D eigenvalue weighted by molar-refractivity contribution is 0.0864. The maximum absolute atomic E-state index is 12.4. The number of anilines is 2. The lowest BCUT2D eigenvalue weighted by Crippen LogP contribution is -2.53. The quantitative estimate of drug-likeness (QED) is 0.609. The predicted octanol–water partition coefficient (Wildman–Crippen LogP) is 2.92. The summed E-state index contributed by atoms with van der Waals surface area (Å²) < 4.78 is 0. The normalized spacial score (nSPS) is 18.3. The molecule has 0 aromatic carbocycles. The molecule has 0 bridgehead atoms. The van der Waals surface area contributed by atoms with Crippen LogP contribution in [-0.4, -0.2) is 69.0 Å². The summed E-state index contributed by atoms with van der Waals surface area (Å²) in [5.74, 6) is 1.33. The fourth-order valence-corrected chi connectivity index (χ4v) is 4.59. The minimum absolute atomic E-state index is 0.159. The highest BCUT2D eigenvalue weighted by Crippen LogP contribution is 2.27. The SMILES string of the molecule is Cc1c(CC2=CCCC=C2)nnc(N2CCN(c3cnc(C(=O)NC(C)(C)CO)cn3)[C@H](C)C2)c1C. The molecule has 1 amide bonds. The third-order valence-electron chi connectivity index (χ3n) is 6.98. The highest BCUT2D eigenvalue weighted by Gasteiger charge is 2.28. The average Bonchev–Trinajstić information content (AvgIpc) is 2.87. The Bertz CT molecular complexity index is 1160. The van der Waals surface area contributed by atoms with Gasteiger partial charge in [0.2, 0.25) is 0 Å². The maximum Gasteiger partial charge on any atom is 0.271 e. The summed E-state index contributed by atoms with van der Waals surface area (Å²) >= 11 is 0. The zero-order valence-electron chi connectivity index (χ0n) is 22.0. The van der Waals surface area contributed by atoms with E-state index in [2.05, 4.69) is 74.3 Å². The summed E-state index contributed by atoms with van der Waals surface area (Å²) in [5.41, 5.74) is 4.26. The van der Waals surface area contributed by atoms with Crippen LogP contribution < -0.4 is 15.1 Å². The Labute approximate surface area is 213 Å². The molecule has 1 saturated heterocycles. The Kier molecular flexibility index (Phi) is 7.68. The molecule has 2 aromatic heterocycles. The molecule has 36 heavy (non-hydrogen) atoms. The van der Waals surface area contributed by atoms with Gasteiger partial charge in [0, 0.05) is 32.1 Å². The first-order valence-corrected chi connectivity index (χ1v) is 12.6. The van der Waals surface area contributed by atoms with E-state index in [4.69, 9.17) is 0 Å². The van der Waals surface area contributed by atoms with Crippen molar-refractivity contribution in [2.75, 3.05) is 36.0 Å². The molecular weight excluding hydrogens is 454 g/mol. The fourth-order valence-electron chi connectivity index (χ4n) is 4.59. The van der Waals surface area contributed by atoms with E-state index < -0.39 is 5.54 Å². The molecule has 1 aliphatic heterocycles. The summed E-state index contributed by atoms with van der Waals surface area (Å²) in [6, 6.07) is 0.180. The highest BCUT2D eigenvalue weighted by atomic mass is 16.3. The van der Waals surface area contributed by atoms with Crippen molar-refractivity contribution in [2.45, 2.75) is 65.5 Å². The molecule has 2 aromatic rings. The first-order chi connectivity index (χ1) is 17.2.